The summed E-state index contributed by atoms with van der Waals surface area (Å²) in [6.45, 7) is 0. The standard InChI is InChI=1S/C19H15N3O3S/c23-17(24)7-6-13-9-20-18-15(10-21-22(18)19(13)25)16-8-14(11-26-16)12-4-2-1-3-5-12/h1-5,8-11,21H,6-7H2,(H,23,24). The van der Waals surface area contributed by atoms with Crippen LogP contribution in [0.3, 0.4) is 0 Å². The highest BCUT2D eigenvalue weighted by molar-refractivity contribution is 7.14. The Balaban J connectivity index is 1.72. The van der Waals surface area contributed by atoms with Gasteiger partial charge in [0.15, 0.2) is 5.65 Å². The molecule has 3 aromatic heterocycles. The van der Waals surface area contributed by atoms with E-state index in [0.29, 0.717) is 11.2 Å². The van der Waals surface area contributed by atoms with Gasteiger partial charge in [-0.05, 0) is 29.0 Å². The Morgan fingerprint density at radius 1 is 1.23 bits per heavy atom. The Morgan fingerprint density at radius 3 is 2.81 bits per heavy atom. The molecule has 0 saturated carbocycles. The van der Waals surface area contributed by atoms with Gasteiger partial charge in [-0.15, -0.1) is 11.3 Å². The van der Waals surface area contributed by atoms with E-state index in [1.807, 2.05) is 18.2 Å². The highest BCUT2D eigenvalue weighted by Gasteiger charge is 2.14. The van der Waals surface area contributed by atoms with Gasteiger partial charge in [0.05, 0.1) is 5.56 Å². The fourth-order valence-electron chi connectivity index (χ4n) is 2.85. The van der Waals surface area contributed by atoms with Crippen molar-refractivity contribution in [1.82, 2.24) is 14.6 Å². The second-order valence-electron chi connectivity index (χ2n) is 5.89. The molecule has 4 aromatic rings. The summed E-state index contributed by atoms with van der Waals surface area (Å²) < 4.78 is 1.37. The Hall–Kier alpha value is -3.19. The molecule has 4 rings (SSSR count). The zero-order valence-electron chi connectivity index (χ0n) is 13.7. The summed E-state index contributed by atoms with van der Waals surface area (Å²) in [6.07, 6.45) is 3.30. The van der Waals surface area contributed by atoms with Crippen LogP contribution in [-0.4, -0.2) is 25.7 Å². The van der Waals surface area contributed by atoms with Gasteiger partial charge in [0.25, 0.3) is 5.56 Å². The number of aromatic nitrogens is 3. The number of carboxylic acids is 1. The summed E-state index contributed by atoms with van der Waals surface area (Å²) >= 11 is 1.59. The Kier molecular flexibility index (Phi) is 4.14. The fourth-order valence-corrected chi connectivity index (χ4v) is 3.78. The zero-order chi connectivity index (χ0) is 18.1. The number of thiophene rings is 1. The first-order valence-electron chi connectivity index (χ1n) is 8.07. The third kappa shape index (κ3) is 2.93. The van der Waals surface area contributed by atoms with Crippen LogP contribution in [0.2, 0.25) is 0 Å². The second kappa shape index (κ2) is 6.61. The lowest BCUT2D eigenvalue weighted by atomic mass is 10.1. The molecule has 0 spiro atoms. The Bertz CT molecular complexity index is 1140. The van der Waals surface area contributed by atoms with Crippen molar-refractivity contribution >= 4 is 23.0 Å². The minimum atomic E-state index is -0.936. The first kappa shape index (κ1) is 16.3. The molecule has 0 bridgehead atoms. The molecule has 0 unspecified atom stereocenters. The molecule has 0 saturated heterocycles. The minimum absolute atomic E-state index is 0.0953. The molecular weight excluding hydrogens is 350 g/mol. The second-order valence-corrected chi connectivity index (χ2v) is 6.81. The molecule has 26 heavy (non-hydrogen) atoms. The molecule has 130 valence electrons. The number of aryl methyl sites for hydroxylation is 1. The number of carboxylic acid groups (broad SMARTS) is 1. The van der Waals surface area contributed by atoms with Crippen LogP contribution in [0.25, 0.3) is 27.2 Å². The van der Waals surface area contributed by atoms with Gasteiger partial charge in [-0.3, -0.25) is 14.7 Å². The van der Waals surface area contributed by atoms with Crippen molar-refractivity contribution in [2.75, 3.05) is 0 Å². The van der Waals surface area contributed by atoms with Crippen LogP contribution in [0, 0.1) is 0 Å². The minimum Gasteiger partial charge on any atom is -0.481 e. The summed E-state index contributed by atoms with van der Waals surface area (Å²) in [6, 6.07) is 12.2. The van der Waals surface area contributed by atoms with Gasteiger partial charge < -0.3 is 5.11 Å². The van der Waals surface area contributed by atoms with Crippen LogP contribution < -0.4 is 5.56 Å². The predicted molar refractivity (Wildman–Crippen MR) is 101 cm³/mol. The van der Waals surface area contributed by atoms with E-state index in [0.717, 1.165) is 21.6 Å². The first-order valence-corrected chi connectivity index (χ1v) is 8.95. The number of aromatic amines is 1. The van der Waals surface area contributed by atoms with Crippen molar-refractivity contribution in [2.24, 2.45) is 0 Å². The molecule has 0 radical (unpaired) electrons. The van der Waals surface area contributed by atoms with E-state index >= 15 is 0 Å². The largest absolute Gasteiger partial charge is 0.481 e. The summed E-state index contributed by atoms with van der Waals surface area (Å²) in [5.41, 5.74) is 3.76. The number of carbonyl (C=O) groups is 1. The van der Waals surface area contributed by atoms with E-state index in [1.165, 1.54) is 10.7 Å². The third-order valence-electron chi connectivity index (χ3n) is 4.19. The number of nitrogens with one attached hydrogen (secondary N) is 1. The van der Waals surface area contributed by atoms with E-state index in [4.69, 9.17) is 5.11 Å². The van der Waals surface area contributed by atoms with Crippen molar-refractivity contribution < 1.29 is 9.90 Å². The maximum absolute atomic E-state index is 12.5. The summed E-state index contributed by atoms with van der Waals surface area (Å²) in [4.78, 5) is 28.6. The molecule has 2 N–H and O–H groups in total. The fraction of sp³-hybridized carbons (Fsp3) is 0.105. The number of H-pyrrole nitrogens is 1. The predicted octanol–water partition coefficient (Wildman–Crippen LogP) is 3.44. The third-order valence-corrected chi connectivity index (χ3v) is 5.15. The lowest BCUT2D eigenvalue weighted by Crippen LogP contribution is -2.20. The number of aliphatic carboxylic acids is 1. The van der Waals surface area contributed by atoms with Crippen LogP contribution in [0.1, 0.15) is 12.0 Å². The van der Waals surface area contributed by atoms with Crippen molar-refractivity contribution in [3.05, 3.63) is 70.1 Å². The number of hydrogen-bond acceptors (Lipinski definition) is 4. The normalized spacial score (nSPS) is 11.1. The highest BCUT2D eigenvalue weighted by atomic mass is 32.1. The molecule has 0 aliphatic carbocycles. The highest BCUT2D eigenvalue weighted by Crippen LogP contribution is 2.33. The Morgan fingerprint density at radius 2 is 2.04 bits per heavy atom. The molecule has 6 nitrogen and oxygen atoms in total. The number of benzene rings is 1. The monoisotopic (exact) mass is 365 g/mol. The Labute approximate surface area is 152 Å². The van der Waals surface area contributed by atoms with E-state index in [2.05, 4.69) is 33.7 Å². The number of hydrogen-bond donors (Lipinski definition) is 2. The first-order chi connectivity index (χ1) is 12.6. The van der Waals surface area contributed by atoms with E-state index in [1.54, 1.807) is 17.5 Å². The SMILES string of the molecule is O=C(O)CCc1cnc2c(-c3cc(-c4ccccc4)cs3)c[nH]n2c1=O. The van der Waals surface area contributed by atoms with Gasteiger partial charge >= 0.3 is 5.97 Å². The lowest BCUT2D eigenvalue weighted by Gasteiger charge is -2.00. The molecular formula is C19H15N3O3S. The number of fused-ring (bicyclic) bond motifs is 1. The summed E-state index contributed by atoms with van der Waals surface area (Å²) in [5, 5.41) is 13.8. The molecule has 7 heteroatoms. The smallest absolute Gasteiger partial charge is 0.303 e. The van der Waals surface area contributed by atoms with Crippen LogP contribution >= 0.6 is 11.3 Å². The van der Waals surface area contributed by atoms with Gasteiger partial charge in [-0.1, -0.05) is 30.3 Å². The van der Waals surface area contributed by atoms with Gasteiger partial charge in [0.1, 0.15) is 0 Å². The quantitative estimate of drug-likeness (QED) is 0.567. The maximum Gasteiger partial charge on any atom is 0.303 e. The van der Waals surface area contributed by atoms with E-state index < -0.39 is 5.97 Å². The van der Waals surface area contributed by atoms with Crippen LogP contribution in [0.4, 0.5) is 0 Å². The summed E-state index contributed by atoms with van der Waals surface area (Å²) in [5.74, 6) is -0.936. The van der Waals surface area contributed by atoms with E-state index in [-0.39, 0.29) is 18.4 Å². The van der Waals surface area contributed by atoms with Gasteiger partial charge in [0, 0.05) is 29.3 Å². The van der Waals surface area contributed by atoms with Gasteiger partial charge in [0.2, 0.25) is 0 Å². The van der Waals surface area contributed by atoms with Crippen molar-refractivity contribution in [1.29, 1.82) is 0 Å². The van der Waals surface area contributed by atoms with E-state index in [9.17, 15) is 9.59 Å². The van der Waals surface area contributed by atoms with Crippen molar-refractivity contribution in [2.45, 2.75) is 12.8 Å². The molecule has 0 aliphatic rings. The zero-order valence-corrected chi connectivity index (χ0v) is 14.5. The lowest BCUT2D eigenvalue weighted by molar-refractivity contribution is -0.136. The van der Waals surface area contributed by atoms with Gasteiger partial charge in [-0.2, -0.15) is 0 Å². The topological polar surface area (TPSA) is 87.5 Å². The molecule has 3 heterocycles. The molecule has 0 atom stereocenters. The number of nitrogens with zero attached hydrogens (tertiary/aromatic N) is 2. The molecule has 0 fully saturated rings. The average Bonchev–Trinajstić information content (AvgIpc) is 3.29. The number of rotatable bonds is 5. The van der Waals surface area contributed by atoms with Gasteiger partial charge in [-0.25, -0.2) is 9.50 Å². The maximum atomic E-state index is 12.5. The molecule has 0 aliphatic heterocycles. The molecule has 0 amide bonds. The molecule has 1 aromatic carbocycles. The van der Waals surface area contributed by atoms with Crippen LogP contribution in [0.15, 0.2) is 59.0 Å². The van der Waals surface area contributed by atoms with Crippen LogP contribution in [-0.2, 0) is 11.2 Å². The van der Waals surface area contributed by atoms with Crippen molar-refractivity contribution in [3.8, 4) is 21.6 Å². The van der Waals surface area contributed by atoms with Crippen LogP contribution in [0.5, 0.6) is 0 Å². The van der Waals surface area contributed by atoms with Crippen molar-refractivity contribution in [3.63, 3.8) is 0 Å². The average molecular weight is 365 g/mol. The summed E-state index contributed by atoms with van der Waals surface area (Å²) in [7, 11) is 0.